The first-order valence-corrected chi connectivity index (χ1v) is 13.6. The third-order valence-corrected chi connectivity index (χ3v) is 8.97. The van der Waals surface area contributed by atoms with Gasteiger partial charge < -0.3 is 21.5 Å². The number of nitriles is 1. The van der Waals surface area contributed by atoms with Crippen LogP contribution in [0.25, 0.3) is 21.3 Å². The fraction of sp³-hybridized carbons (Fsp3) is 0.259. The van der Waals surface area contributed by atoms with Gasteiger partial charge in [0.1, 0.15) is 32.2 Å². The van der Waals surface area contributed by atoms with Crippen LogP contribution in [0, 0.1) is 11.3 Å². The summed E-state index contributed by atoms with van der Waals surface area (Å²) in [6.07, 6.45) is 4.55. The summed E-state index contributed by atoms with van der Waals surface area (Å²) in [5.41, 5.74) is 17.0. The highest BCUT2D eigenvalue weighted by Crippen LogP contribution is 2.44. The van der Waals surface area contributed by atoms with Crippen LogP contribution in [-0.4, -0.2) is 24.0 Å². The smallest absolute Gasteiger partial charge is 0.341 e. The number of rotatable bonds is 5. The molecule has 0 fully saturated rings. The van der Waals surface area contributed by atoms with Gasteiger partial charge in [0.25, 0.3) is 5.91 Å². The number of ether oxygens (including phenoxy) is 1. The number of nitrogen functional groups attached to an aromatic ring is 2. The van der Waals surface area contributed by atoms with Crippen molar-refractivity contribution in [1.82, 2.24) is 4.98 Å². The number of nitrogens with two attached hydrogens (primary N) is 2. The van der Waals surface area contributed by atoms with Gasteiger partial charge in [-0.15, -0.1) is 22.7 Å². The average molecular weight is 532 g/mol. The maximum Gasteiger partial charge on any atom is 0.341 e. The van der Waals surface area contributed by atoms with Crippen molar-refractivity contribution in [3.63, 3.8) is 0 Å². The second-order valence-corrected chi connectivity index (χ2v) is 10.9. The molecule has 1 amide bonds. The number of benzene rings is 1. The molecule has 0 radical (unpaired) electrons. The summed E-state index contributed by atoms with van der Waals surface area (Å²) in [5, 5.41) is 13.8. The molecule has 0 atom stereocenters. The molecule has 0 unspecified atom stereocenters. The van der Waals surface area contributed by atoms with E-state index in [2.05, 4.69) is 23.3 Å². The van der Waals surface area contributed by atoms with E-state index < -0.39 is 11.9 Å². The predicted octanol–water partition coefficient (Wildman–Crippen LogP) is 5.54. The van der Waals surface area contributed by atoms with Crippen molar-refractivity contribution in [3.8, 4) is 17.2 Å². The van der Waals surface area contributed by atoms with Gasteiger partial charge in [-0.3, -0.25) is 4.79 Å². The highest BCUT2D eigenvalue weighted by molar-refractivity contribution is 7.21. The van der Waals surface area contributed by atoms with E-state index in [0.29, 0.717) is 26.3 Å². The summed E-state index contributed by atoms with van der Waals surface area (Å²) < 4.78 is 5.02. The Bertz CT molecular complexity index is 1600. The summed E-state index contributed by atoms with van der Waals surface area (Å²) in [6, 6.07) is 9.97. The van der Waals surface area contributed by atoms with Gasteiger partial charge in [-0.1, -0.05) is 31.2 Å². The molecule has 3 heterocycles. The van der Waals surface area contributed by atoms with E-state index in [9.17, 15) is 14.9 Å². The molecule has 0 spiro atoms. The van der Waals surface area contributed by atoms with Gasteiger partial charge in [-0.25, -0.2) is 9.78 Å². The number of nitrogens with zero attached hydrogens (tertiary/aromatic N) is 2. The minimum Gasteiger partial charge on any atom is -0.465 e. The normalized spacial score (nSPS) is 12.7. The van der Waals surface area contributed by atoms with E-state index in [-0.39, 0.29) is 21.9 Å². The van der Waals surface area contributed by atoms with Crippen molar-refractivity contribution in [2.24, 2.45) is 0 Å². The Labute approximate surface area is 221 Å². The van der Waals surface area contributed by atoms with E-state index in [1.165, 1.54) is 18.4 Å². The molecule has 0 aliphatic heterocycles. The SMILES string of the molecule is CCc1ccc(-c2c(C#N)c(N)nc3sc(C(=O)Nc4sc5c(c4C(=O)OC)CCCC5)c(N)c23)cc1. The van der Waals surface area contributed by atoms with Crippen molar-refractivity contribution < 1.29 is 14.3 Å². The van der Waals surface area contributed by atoms with Crippen molar-refractivity contribution in [2.45, 2.75) is 39.0 Å². The Balaban J connectivity index is 1.62. The Morgan fingerprint density at radius 3 is 2.57 bits per heavy atom. The summed E-state index contributed by atoms with van der Waals surface area (Å²) in [7, 11) is 1.34. The minimum atomic E-state index is -0.468. The first kappa shape index (κ1) is 24.7. The van der Waals surface area contributed by atoms with E-state index in [1.54, 1.807) is 0 Å². The highest BCUT2D eigenvalue weighted by atomic mass is 32.1. The van der Waals surface area contributed by atoms with Crippen LogP contribution < -0.4 is 16.8 Å². The fourth-order valence-corrected chi connectivity index (χ4v) is 7.06. The second kappa shape index (κ2) is 9.84. The molecule has 8 nitrogen and oxygen atoms in total. The standard InChI is InChI=1S/C27H25N5O3S2/c1-3-13-8-10-14(11-9-13)18-16(12-28)23(30)31-26-20(18)21(29)22(37-26)24(33)32-25-19(27(34)35-2)15-6-4-5-7-17(15)36-25/h8-11H,3-7,29H2,1-2H3,(H2,30,31)(H,32,33). The molecule has 0 saturated carbocycles. The Morgan fingerprint density at radius 2 is 1.89 bits per heavy atom. The van der Waals surface area contributed by atoms with E-state index in [0.717, 1.165) is 65.0 Å². The molecule has 3 aromatic heterocycles. The molecule has 1 aliphatic carbocycles. The maximum atomic E-state index is 13.5. The summed E-state index contributed by atoms with van der Waals surface area (Å²) in [6.45, 7) is 2.07. The summed E-state index contributed by atoms with van der Waals surface area (Å²) in [4.78, 5) is 32.3. The number of pyridine rings is 1. The zero-order valence-corrected chi connectivity index (χ0v) is 22.1. The van der Waals surface area contributed by atoms with Gasteiger partial charge in [0.15, 0.2) is 0 Å². The summed E-state index contributed by atoms with van der Waals surface area (Å²) in [5.74, 6) is -0.838. The zero-order chi connectivity index (χ0) is 26.3. The molecule has 0 bridgehead atoms. The summed E-state index contributed by atoms with van der Waals surface area (Å²) >= 11 is 2.51. The van der Waals surface area contributed by atoms with Crippen molar-refractivity contribution >= 4 is 61.3 Å². The van der Waals surface area contributed by atoms with Gasteiger partial charge in [-0.05, 0) is 48.8 Å². The molecule has 0 saturated heterocycles. The molecule has 1 aromatic carbocycles. The number of fused-ring (bicyclic) bond motifs is 2. The van der Waals surface area contributed by atoms with Gasteiger partial charge in [0, 0.05) is 15.8 Å². The average Bonchev–Trinajstić information content (AvgIpc) is 3.44. The predicted molar refractivity (Wildman–Crippen MR) is 148 cm³/mol. The monoisotopic (exact) mass is 531 g/mol. The number of carbonyl (C=O) groups excluding carboxylic acids is 2. The van der Waals surface area contributed by atoms with Gasteiger partial charge >= 0.3 is 5.97 Å². The first-order valence-electron chi connectivity index (χ1n) is 11.9. The number of nitrogens with one attached hydrogen (secondary N) is 1. The van der Waals surface area contributed by atoms with Crippen LogP contribution in [-0.2, 0) is 24.0 Å². The third-order valence-electron chi connectivity index (χ3n) is 6.66. The number of esters is 1. The van der Waals surface area contributed by atoms with Crippen LogP contribution in [0.3, 0.4) is 0 Å². The lowest BCUT2D eigenvalue weighted by atomic mass is 9.95. The minimum absolute atomic E-state index is 0.0803. The van der Waals surface area contributed by atoms with E-state index >= 15 is 0 Å². The highest BCUT2D eigenvalue weighted by Gasteiger charge is 2.29. The van der Waals surface area contributed by atoms with E-state index in [1.807, 2.05) is 24.3 Å². The molecular formula is C27H25N5O3S2. The van der Waals surface area contributed by atoms with Crippen molar-refractivity contribution in [2.75, 3.05) is 23.9 Å². The molecule has 1 aliphatic rings. The first-order chi connectivity index (χ1) is 17.9. The van der Waals surface area contributed by atoms with Crippen molar-refractivity contribution in [1.29, 1.82) is 5.26 Å². The number of aryl methyl sites for hydroxylation is 2. The topological polar surface area (TPSA) is 144 Å². The molecule has 188 valence electrons. The third kappa shape index (κ3) is 4.20. The Hall–Kier alpha value is -3.94. The van der Waals surface area contributed by atoms with Crippen LogP contribution >= 0.6 is 22.7 Å². The van der Waals surface area contributed by atoms with Gasteiger partial charge in [0.2, 0.25) is 0 Å². The maximum absolute atomic E-state index is 13.5. The van der Waals surface area contributed by atoms with Crippen molar-refractivity contribution in [3.05, 3.63) is 56.3 Å². The Morgan fingerprint density at radius 1 is 1.16 bits per heavy atom. The number of aromatic nitrogens is 1. The van der Waals surface area contributed by atoms with Crippen LogP contribution in [0.5, 0.6) is 0 Å². The number of carbonyl (C=O) groups is 2. The number of thiophene rings is 2. The lowest BCUT2D eigenvalue weighted by Crippen LogP contribution is -2.15. The number of methoxy groups -OCH3 is 1. The molecule has 4 aromatic rings. The van der Waals surface area contributed by atoms with Gasteiger partial charge in [-0.2, -0.15) is 5.26 Å². The molecule has 10 heteroatoms. The van der Waals surface area contributed by atoms with Crippen LogP contribution in [0.2, 0.25) is 0 Å². The lowest BCUT2D eigenvalue weighted by Gasteiger charge is -2.11. The zero-order valence-electron chi connectivity index (χ0n) is 20.4. The second-order valence-electron chi connectivity index (χ2n) is 8.80. The fourth-order valence-electron chi connectivity index (χ4n) is 4.78. The van der Waals surface area contributed by atoms with Crippen LogP contribution in [0.15, 0.2) is 24.3 Å². The van der Waals surface area contributed by atoms with Crippen LogP contribution in [0.4, 0.5) is 16.5 Å². The molecule has 5 rings (SSSR count). The number of amides is 1. The van der Waals surface area contributed by atoms with Gasteiger partial charge in [0.05, 0.1) is 18.4 Å². The lowest BCUT2D eigenvalue weighted by molar-refractivity contribution is 0.0601. The molecule has 5 N–H and O–H groups in total. The Kier molecular flexibility index (Phi) is 6.58. The molecular weight excluding hydrogens is 506 g/mol. The van der Waals surface area contributed by atoms with E-state index in [4.69, 9.17) is 16.2 Å². The number of hydrogen-bond acceptors (Lipinski definition) is 9. The number of anilines is 3. The number of hydrogen-bond donors (Lipinski definition) is 3. The van der Waals surface area contributed by atoms with Crippen LogP contribution in [0.1, 0.15) is 61.4 Å². The largest absolute Gasteiger partial charge is 0.465 e. The molecule has 37 heavy (non-hydrogen) atoms. The quantitative estimate of drug-likeness (QED) is 0.287.